The summed E-state index contributed by atoms with van der Waals surface area (Å²) in [6.07, 6.45) is 6.68. The maximum Gasteiger partial charge on any atom is 0.0351 e. The summed E-state index contributed by atoms with van der Waals surface area (Å²) in [6, 6.07) is 9.77. The Morgan fingerprint density at radius 3 is 2.62 bits per heavy atom. The van der Waals surface area contributed by atoms with Gasteiger partial charge in [-0.05, 0) is 54.7 Å². The van der Waals surface area contributed by atoms with Crippen LogP contribution >= 0.6 is 0 Å². The molecule has 21 heavy (non-hydrogen) atoms. The van der Waals surface area contributed by atoms with Crippen molar-refractivity contribution in [2.75, 3.05) is 7.05 Å². The topological polar surface area (TPSA) is 12.0 Å². The lowest BCUT2D eigenvalue weighted by Crippen LogP contribution is -2.37. The van der Waals surface area contributed by atoms with E-state index in [0.29, 0.717) is 11.5 Å². The molecule has 118 valence electrons. The summed E-state index contributed by atoms with van der Waals surface area (Å²) in [5.74, 6) is 1.46. The van der Waals surface area contributed by atoms with E-state index in [1.54, 1.807) is 0 Å². The van der Waals surface area contributed by atoms with Crippen molar-refractivity contribution in [1.82, 2.24) is 5.32 Å². The number of hydrogen-bond donors (Lipinski definition) is 1. The minimum absolute atomic E-state index is 0.444. The molecule has 0 aromatic heterocycles. The maximum absolute atomic E-state index is 3.62. The first-order valence-corrected chi connectivity index (χ1v) is 8.70. The molecule has 1 heteroatoms. The lowest BCUT2D eigenvalue weighted by Gasteiger charge is -2.43. The summed E-state index contributed by atoms with van der Waals surface area (Å²) in [4.78, 5) is 0. The second-order valence-electron chi connectivity index (χ2n) is 7.95. The Bertz CT molecular complexity index is 447. The molecule has 1 aromatic rings. The van der Waals surface area contributed by atoms with Crippen molar-refractivity contribution >= 4 is 0 Å². The molecule has 0 bridgehead atoms. The van der Waals surface area contributed by atoms with Gasteiger partial charge in [0.25, 0.3) is 0 Å². The van der Waals surface area contributed by atoms with Crippen molar-refractivity contribution in [3.8, 4) is 0 Å². The van der Waals surface area contributed by atoms with E-state index in [4.69, 9.17) is 0 Å². The van der Waals surface area contributed by atoms with E-state index in [1.165, 1.54) is 43.2 Å². The highest BCUT2D eigenvalue weighted by Crippen LogP contribution is 2.46. The first-order valence-electron chi connectivity index (χ1n) is 8.70. The molecule has 1 aromatic carbocycles. The molecule has 0 spiro atoms. The van der Waals surface area contributed by atoms with Gasteiger partial charge >= 0.3 is 0 Å². The Morgan fingerprint density at radius 1 is 1.24 bits per heavy atom. The zero-order valence-electron chi connectivity index (χ0n) is 14.6. The molecular weight excluding hydrogens is 254 g/mol. The average molecular weight is 287 g/mol. The van der Waals surface area contributed by atoms with E-state index in [2.05, 4.69) is 64.3 Å². The molecule has 1 nitrogen and oxygen atoms in total. The zero-order chi connectivity index (χ0) is 15.5. The maximum atomic E-state index is 3.62. The van der Waals surface area contributed by atoms with Gasteiger partial charge in [-0.15, -0.1) is 0 Å². The van der Waals surface area contributed by atoms with Crippen LogP contribution in [0.1, 0.15) is 70.5 Å². The Hall–Kier alpha value is -0.820. The van der Waals surface area contributed by atoms with Crippen LogP contribution in [0.5, 0.6) is 0 Å². The van der Waals surface area contributed by atoms with E-state index >= 15 is 0 Å². The van der Waals surface area contributed by atoms with Gasteiger partial charge in [0.1, 0.15) is 0 Å². The summed E-state index contributed by atoms with van der Waals surface area (Å²) < 4.78 is 0. The number of benzene rings is 1. The van der Waals surface area contributed by atoms with Gasteiger partial charge < -0.3 is 5.32 Å². The molecule has 1 aliphatic rings. The van der Waals surface area contributed by atoms with Gasteiger partial charge in [0, 0.05) is 6.04 Å². The Morgan fingerprint density at radius 2 is 2.00 bits per heavy atom. The fraction of sp³-hybridized carbons (Fsp3) is 0.700. The van der Waals surface area contributed by atoms with Crippen molar-refractivity contribution < 1.29 is 0 Å². The minimum Gasteiger partial charge on any atom is -0.313 e. The van der Waals surface area contributed by atoms with Crippen LogP contribution < -0.4 is 5.32 Å². The van der Waals surface area contributed by atoms with Crippen LogP contribution in [-0.2, 0) is 6.42 Å². The highest BCUT2D eigenvalue weighted by Gasteiger charge is 2.37. The summed E-state index contributed by atoms with van der Waals surface area (Å²) in [5.41, 5.74) is 3.41. The van der Waals surface area contributed by atoms with Crippen LogP contribution in [0.2, 0.25) is 0 Å². The molecule has 0 heterocycles. The SMILES string of the molecule is CNC(c1cccc(CC(C)C)c1)C1CCCCC1(C)C. The Kier molecular flexibility index (Phi) is 5.48. The van der Waals surface area contributed by atoms with Gasteiger partial charge in [-0.1, -0.05) is 64.8 Å². The smallest absolute Gasteiger partial charge is 0.0351 e. The summed E-state index contributed by atoms with van der Waals surface area (Å²) in [7, 11) is 2.13. The van der Waals surface area contributed by atoms with Crippen molar-refractivity contribution in [3.63, 3.8) is 0 Å². The standard InChI is InChI=1S/C20H33N/c1-15(2)13-16-9-8-10-17(14-16)19(21-5)18-11-6-7-12-20(18,3)4/h8-10,14-15,18-19,21H,6-7,11-13H2,1-5H3. The van der Waals surface area contributed by atoms with Crippen molar-refractivity contribution in [1.29, 1.82) is 0 Å². The second-order valence-corrected chi connectivity index (χ2v) is 7.95. The molecule has 0 aliphatic heterocycles. The number of rotatable bonds is 5. The molecule has 2 unspecified atom stereocenters. The molecule has 0 saturated heterocycles. The predicted molar refractivity (Wildman–Crippen MR) is 92.5 cm³/mol. The highest BCUT2D eigenvalue weighted by atomic mass is 14.9. The fourth-order valence-electron chi connectivity index (χ4n) is 4.12. The Labute approximate surface area is 131 Å². The second kappa shape index (κ2) is 6.96. The van der Waals surface area contributed by atoms with Crippen LogP contribution in [0.25, 0.3) is 0 Å². The van der Waals surface area contributed by atoms with Crippen LogP contribution in [0.4, 0.5) is 0 Å². The number of hydrogen-bond acceptors (Lipinski definition) is 1. The molecule has 1 fully saturated rings. The molecule has 1 N–H and O–H groups in total. The van der Waals surface area contributed by atoms with Crippen LogP contribution in [0, 0.1) is 17.3 Å². The Balaban J connectivity index is 2.24. The third-order valence-electron chi connectivity index (χ3n) is 5.26. The normalized spacial score (nSPS) is 23.2. The van der Waals surface area contributed by atoms with Gasteiger partial charge in [0.15, 0.2) is 0 Å². The third-order valence-corrected chi connectivity index (χ3v) is 5.26. The first kappa shape index (κ1) is 16.5. The first-order chi connectivity index (χ1) is 9.94. The van der Waals surface area contributed by atoms with Crippen LogP contribution in [-0.4, -0.2) is 7.05 Å². The molecule has 0 radical (unpaired) electrons. The summed E-state index contributed by atoms with van der Waals surface area (Å²) >= 11 is 0. The van der Waals surface area contributed by atoms with Crippen molar-refractivity contribution in [2.24, 2.45) is 17.3 Å². The van der Waals surface area contributed by atoms with Gasteiger partial charge in [-0.25, -0.2) is 0 Å². The molecular formula is C20H33N. The fourth-order valence-corrected chi connectivity index (χ4v) is 4.12. The quantitative estimate of drug-likeness (QED) is 0.768. The summed E-state index contributed by atoms with van der Waals surface area (Å²) in [6.45, 7) is 9.51. The van der Waals surface area contributed by atoms with Crippen LogP contribution in [0.15, 0.2) is 24.3 Å². The third kappa shape index (κ3) is 4.10. The van der Waals surface area contributed by atoms with Gasteiger partial charge in [-0.3, -0.25) is 0 Å². The largest absolute Gasteiger partial charge is 0.313 e. The van der Waals surface area contributed by atoms with Gasteiger partial charge in [0.2, 0.25) is 0 Å². The minimum atomic E-state index is 0.444. The van der Waals surface area contributed by atoms with E-state index in [9.17, 15) is 0 Å². The van der Waals surface area contributed by atoms with Crippen molar-refractivity contribution in [2.45, 2.75) is 65.8 Å². The molecule has 2 atom stereocenters. The monoisotopic (exact) mass is 287 g/mol. The van der Waals surface area contributed by atoms with E-state index in [-0.39, 0.29) is 0 Å². The molecule has 1 aliphatic carbocycles. The zero-order valence-corrected chi connectivity index (χ0v) is 14.6. The highest BCUT2D eigenvalue weighted by molar-refractivity contribution is 5.27. The van der Waals surface area contributed by atoms with Crippen LogP contribution in [0.3, 0.4) is 0 Å². The van der Waals surface area contributed by atoms with E-state index < -0.39 is 0 Å². The van der Waals surface area contributed by atoms with Gasteiger partial charge in [-0.2, -0.15) is 0 Å². The van der Waals surface area contributed by atoms with E-state index in [0.717, 1.165) is 11.8 Å². The lowest BCUT2D eigenvalue weighted by atomic mass is 9.64. The van der Waals surface area contributed by atoms with Crippen molar-refractivity contribution in [3.05, 3.63) is 35.4 Å². The summed E-state index contributed by atoms with van der Waals surface area (Å²) in [5, 5.41) is 3.62. The predicted octanol–water partition coefficient (Wildman–Crippen LogP) is 5.36. The van der Waals surface area contributed by atoms with E-state index in [1.807, 2.05) is 0 Å². The average Bonchev–Trinajstić information content (AvgIpc) is 2.41. The van der Waals surface area contributed by atoms with Gasteiger partial charge in [0.05, 0.1) is 0 Å². The molecule has 2 rings (SSSR count). The molecule has 0 amide bonds. The lowest BCUT2D eigenvalue weighted by molar-refractivity contribution is 0.101. The molecule has 1 saturated carbocycles. The number of nitrogens with one attached hydrogen (secondary N) is 1.